The van der Waals surface area contributed by atoms with E-state index in [1.807, 2.05) is 60.2 Å². The number of nitrogens with one attached hydrogen (secondary N) is 1. The lowest BCUT2D eigenvalue weighted by Gasteiger charge is -2.07. The molecule has 0 fully saturated rings. The molecule has 0 aliphatic carbocycles. The van der Waals surface area contributed by atoms with Crippen LogP contribution in [0.25, 0.3) is 22.4 Å². The monoisotopic (exact) mass is 292 g/mol. The van der Waals surface area contributed by atoms with Gasteiger partial charge in [0.05, 0.1) is 0 Å². The van der Waals surface area contributed by atoms with Crippen LogP contribution in [0.5, 0.6) is 0 Å². The lowest BCUT2D eigenvalue weighted by molar-refractivity contribution is 1.22. The predicted molar refractivity (Wildman–Crippen MR) is 85.3 cm³/mol. The minimum absolute atomic E-state index is 0.157. The van der Waals surface area contributed by atoms with Gasteiger partial charge in [0.15, 0.2) is 0 Å². The Morgan fingerprint density at radius 1 is 1.14 bits per heavy atom. The van der Waals surface area contributed by atoms with Crippen LogP contribution in [-0.4, -0.2) is 4.98 Å². The summed E-state index contributed by atoms with van der Waals surface area (Å²) in [6.45, 7) is 2.02. The Morgan fingerprint density at radius 2 is 1.90 bits per heavy atom. The van der Waals surface area contributed by atoms with Crippen molar-refractivity contribution >= 4 is 11.3 Å². The van der Waals surface area contributed by atoms with Crippen LogP contribution < -0.4 is 5.56 Å². The van der Waals surface area contributed by atoms with Crippen LogP contribution in [-0.2, 0) is 0 Å². The van der Waals surface area contributed by atoms with Gasteiger partial charge >= 0.3 is 0 Å². The summed E-state index contributed by atoms with van der Waals surface area (Å²) in [4.78, 5) is 14.9. The maximum absolute atomic E-state index is 12.2. The van der Waals surface area contributed by atoms with Gasteiger partial charge in [-0.25, -0.2) is 0 Å². The number of hydrogen-bond acceptors (Lipinski definition) is 3. The molecule has 0 radical (unpaired) electrons. The minimum atomic E-state index is -0.350. The van der Waals surface area contributed by atoms with Crippen LogP contribution in [0.4, 0.5) is 0 Å². The summed E-state index contributed by atoms with van der Waals surface area (Å²) in [5.74, 6) is 0. The molecule has 3 aromatic rings. The molecule has 0 bridgehead atoms. The van der Waals surface area contributed by atoms with Crippen LogP contribution in [0.3, 0.4) is 0 Å². The lowest BCUT2D eigenvalue weighted by Crippen LogP contribution is -2.12. The smallest absolute Gasteiger partial charge is 0.266 e. The van der Waals surface area contributed by atoms with Gasteiger partial charge in [-0.3, -0.25) is 4.79 Å². The molecule has 0 saturated carbocycles. The van der Waals surface area contributed by atoms with E-state index in [-0.39, 0.29) is 11.1 Å². The van der Waals surface area contributed by atoms with Gasteiger partial charge in [0, 0.05) is 11.3 Å². The first-order chi connectivity index (χ1) is 10.2. The number of nitrogens with zero attached hydrogens (tertiary/aromatic N) is 1. The molecule has 21 heavy (non-hydrogen) atoms. The van der Waals surface area contributed by atoms with Crippen molar-refractivity contribution in [3.8, 4) is 28.5 Å². The number of aryl methyl sites for hydroxylation is 1. The highest BCUT2D eigenvalue weighted by molar-refractivity contribution is 7.08. The number of aromatic nitrogens is 1. The Labute approximate surface area is 126 Å². The molecule has 3 rings (SSSR count). The Balaban J connectivity index is 2.23. The van der Waals surface area contributed by atoms with Crippen molar-refractivity contribution in [1.82, 2.24) is 4.98 Å². The van der Waals surface area contributed by atoms with Crippen LogP contribution in [0, 0.1) is 18.3 Å². The first-order valence-corrected chi connectivity index (χ1v) is 7.40. The van der Waals surface area contributed by atoms with E-state index in [2.05, 4.69) is 4.98 Å². The molecule has 0 unspecified atom stereocenters. The van der Waals surface area contributed by atoms with Crippen molar-refractivity contribution in [2.75, 3.05) is 0 Å². The minimum Gasteiger partial charge on any atom is -0.321 e. The maximum atomic E-state index is 12.2. The van der Waals surface area contributed by atoms with Gasteiger partial charge in [0.2, 0.25) is 0 Å². The molecule has 0 spiro atoms. The van der Waals surface area contributed by atoms with E-state index in [9.17, 15) is 10.1 Å². The van der Waals surface area contributed by atoms with Gasteiger partial charge in [-0.1, -0.05) is 29.8 Å². The number of rotatable bonds is 2. The molecule has 0 saturated heterocycles. The molecule has 0 atom stereocenters. The van der Waals surface area contributed by atoms with E-state index >= 15 is 0 Å². The fraction of sp³-hybridized carbons (Fsp3) is 0.0588. The summed E-state index contributed by atoms with van der Waals surface area (Å²) in [7, 11) is 0. The number of aromatic amines is 1. The second-order valence-electron chi connectivity index (χ2n) is 4.79. The van der Waals surface area contributed by atoms with E-state index < -0.39 is 0 Å². The zero-order valence-electron chi connectivity index (χ0n) is 11.4. The van der Waals surface area contributed by atoms with Crippen molar-refractivity contribution in [1.29, 1.82) is 5.26 Å². The number of benzene rings is 1. The van der Waals surface area contributed by atoms with E-state index in [0.717, 1.165) is 22.4 Å². The number of pyridine rings is 1. The normalized spacial score (nSPS) is 10.3. The number of hydrogen-bond donors (Lipinski definition) is 1. The highest BCUT2D eigenvalue weighted by Crippen LogP contribution is 2.27. The third-order valence-electron chi connectivity index (χ3n) is 3.34. The van der Waals surface area contributed by atoms with Crippen LogP contribution >= 0.6 is 11.3 Å². The summed E-state index contributed by atoms with van der Waals surface area (Å²) in [6.07, 6.45) is 0. The van der Waals surface area contributed by atoms with E-state index in [1.165, 1.54) is 0 Å². The third-order valence-corrected chi connectivity index (χ3v) is 4.02. The van der Waals surface area contributed by atoms with Gasteiger partial charge < -0.3 is 4.98 Å². The molecule has 102 valence electrons. The van der Waals surface area contributed by atoms with Crippen LogP contribution in [0.15, 0.2) is 52.0 Å². The van der Waals surface area contributed by atoms with Crippen molar-refractivity contribution in [2.24, 2.45) is 0 Å². The second kappa shape index (κ2) is 5.39. The highest BCUT2D eigenvalue weighted by Gasteiger charge is 2.12. The molecule has 2 heterocycles. The molecule has 0 aliphatic heterocycles. The second-order valence-corrected chi connectivity index (χ2v) is 5.57. The van der Waals surface area contributed by atoms with Gasteiger partial charge in [-0.15, -0.1) is 0 Å². The summed E-state index contributed by atoms with van der Waals surface area (Å²) < 4.78 is 0. The van der Waals surface area contributed by atoms with E-state index in [1.54, 1.807) is 11.3 Å². The Bertz CT molecular complexity index is 869. The topological polar surface area (TPSA) is 56.6 Å². The van der Waals surface area contributed by atoms with Crippen LogP contribution in [0.2, 0.25) is 0 Å². The molecule has 4 heteroatoms. The number of nitriles is 1. The van der Waals surface area contributed by atoms with Crippen LogP contribution in [0.1, 0.15) is 11.1 Å². The summed E-state index contributed by atoms with van der Waals surface area (Å²) >= 11 is 1.54. The zero-order chi connectivity index (χ0) is 14.8. The predicted octanol–water partition coefficient (Wildman–Crippen LogP) is 3.95. The number of thiophene rings is 1. The summed E-state index contributed by atoms with van der Waals surface area (Å²) in [6, 6.07) is 13.7. The summed E-state index contributed by atoms with van der Waals surface area (Å²) in [5.41, 5.74) is 4.20. The Morgan fingerprint density at radius 3 is 2.52 bits per heavy atom. The lowest BCUT2D eigenvalue weighted by atomic mass is 10.0. The molecule has 0 amide bonds. The Kier molecular flexibility index (Phi) is 3.43. The van der Waals surface area contributed by atoms with Crippen molar-refractivity contribution in [2.45, 2.75) is 6.92 Å². The molecule has 1 aromatic carbocycles. The fourth-order valence-corrected chi connectivity index (χ4v) is 2.86. The third kappa shape index (κ3) is 2.51. The largest absolute Gasteiger partial charge is 0.321 e. The molecule has 2 aromatic heterocycles. The fourth-order valence-electron chi connectivity index (χ4n) is 2.20. The van der Waals surface area contributed by atoms with Crippen molar-refractivity contribution < 1.29 is 0 Å². The van der Waals surface area contributed by atoms with Gasteiger partial charge in [-0.2, -0.15) is 16.6 Å². The first kappa shape index (κ1) is 13.3. The first-order valence-electron chi connectivity index (χ1n) is 6.46. The number of H-pyrrole nitrogens is 1. The maximum Gasteiger partial charge on any atom is 0.266 e. The highest BCUT2D eigenvalue weighted by atomic mass is 32.1. The Hall–Kier alpha value is -2.64. The standard InChI is InChI=1S/C17H12N2OS/c1-11-2-4-12(5-3-11)16-8-14(13-6-7-21-10-13)15(9-18)17(20)19-16/h2-8,10H,1H3,(H,19,20). The molecular weight excluding hydrogens is 280 g/mol. The van der Waals surface area contributed by atoms with Gasteiger partial charge in [0.25, 0.3) is 5.56 Å². The molecular formula is C17H12N2OS. The van der Waals surface area contributed by atoms with Gasteiger partial charge in [-0.05, 0) is 40.9 Å². The van der Waals surface area contributed by atoms with E-state index in [4.69, 9.17) is 0 Å². The SMILES string of the molecule is Cc1ccc(-c2cc(-c3ccsc3)c(C#N)c(=O)[nH]2)cc1. The van der Waals surface area contributed by atoms with Crippen molar-refractivity contribution in [3.63, 3.8) is 0 Å². The molecule has 3 nitrogen and oxygen atoms in total. The molecule has 1 N–H and O–H groups in total. The van der Waals surface area contributed by atoms with E-state index in [0.29, 0.717) is 5.56 Å². The summed E-state index contributed by atoms with van der Waals surface area (Å²) in [5, 5.41) is 13.1. The average Bonchev–Trinajstić information content (AvgIpc) is 3.01. The zero-order valence-corrected chi connectivity index (χ0v) is 12.2. The van der Waals surface area contributed by atoms with Crippen molar-refractivity contribution in [3.05, 3.63) is 68.6 Å². The average molecular weight is 292 g/mol. The molecule has 0 aliphatic rings. The quantitative estimate of drug-likeness (QED) is 0.777. The van der Waals surface area contributed by atoms with Gasteiger partial charge in [0.1, 0.15) is 11.6 Å².